The van der Waals surface area contributed by atoms with Crippen LogP contribution in [0.15, 0.2) is 60.8 Å². The minimum atomic E-state index is -4.70. The number of hydrogen-bond acceptors (Lipinski definition) is 7. The second kappa shape index (κ2) is 64.7. The van der Waals surface area contributed by atoms with Crippen LogP contribution >= 0.6 is 7.82 Å². The Morgan fingerprint density at radius 1 is 0.412 bits per heavy atom. The first-order valence-corrected chi connectivity index (χ1v) is 38.1. The van der Waals surface area contributed by atoms with Gasteiger partial charge in [-0.1, -0.05) is 307 Å². The molecule has 0 fully saturated rings. The zero-order chi connectivity index (χ0) is 62.1. The molecule has 0 rings (SSSR count). The van der Waals surface area contributed by atoms with Crippen LogP contribution in [0, 0.1) is 0 Å². The molecule has 0 aliphatic heterocycles. The number of phosphoric ester groups is 1. The average Bonchev–Trinajstić information content (AvgIpc) is 3.62. The van der Waals surface area contributed by atoms with Crippen LogP contribution < -0.4 is 10.2 Å². The molecule has 0 aromatic rings. The maximum absolute atomic E-state index is 13.6. The van der Waals surface area contributed by atoms with Crippen molar-refractivity contribution < 1.29 is 37.3 Å². The van der Waals surface area contributed by atoms with Crippen LogP contribution in [0.1, 0.15) is 355 Å². The minimum Gasteiger partial charge on any atom is -0.756 e. The summed E-state index contributed by atoms with van der Waals surface area (Å²) in [7, 11) is 1.19. The fraction of sp³-hybridized carbons (Fsp3) is 0.840. The lowest BCUT2D eigenvalue weighted by Crippen LogP contribution is -2.47. The number of nitrogens with one attached hydrogen (secondary N) is 1. The fourth-order valence-corrected chi connectivity index (χ4v) is 11.5. The fourth-order valence-electron chi connectivity index (χ4n) is 10.8. The maximum atomic E-state index is 13.6. The highest BCUT2D eigenvalue weighted by molar-refractivity contribution is 7.45. The second-order valence-electron chi connectivity index (χ2n) is 26.1. The Bertz CT molecular complexity index is 1640. The minimum absolute atomic E-state index is 0.0225. The summed E-state index contributed by atoms with van der Waals surface area (Å²) in [5.74, 6) is -0.532. The van der Waals surface area contributed by atoms with Gasteiger partial charge in [-0.25, -0.2) is 0 Å². The lowest BCUT2D eigenvalue weighted by atomic mass is 10.0. The third kappa shape index (κ3) is 66.0. The SMILES string of the molecule is CCCCC/C=C\C/C=C\C/C=C\CCCCCCCCCCCCC(=O)OC(/C=C/CCCCCCCCCCC)C(COP(=O)([O-])OCC[N+](C)(C)C)NC(=O)CCCCCCCCCCCCCCCCC/C=C/CCCCCCCC. The largest absolute Gasteiger partial charge is 0.756 e. The first kappa shape index (κ1) is 82.7. The number of carbonyl (C=O) groups excluding carboxylic acids is 2. The van der Waals surface area contributed by atoms with Gasteiger partial charge in [0, 0.05) is 12.8 Å². The number of ether oxygens (including phenoxy) is 1. The molecule has 3 atom stereocenters. The maximum Gasteiger partial charge on any atom is 0.306 e. The molecule has 3 unspecified atom stereocenters. The second-order valence-corrected chi connectivity index (χ2v) is 27.5. The Balaban J connectivity index is 4.98. The number of carbonyl (C=O) groups is 2. The summed E-state index contributed by atoms with van der Waals surface area (Å²) in [6.07, 6.45) is 83.5. The van der Waals surface area contributed by atoms with Crippen molar-refractivity contribution in [1.29, 1.82) is 0 Å². The summed E-state index contributed by atoms with van der Waals surface area (Å²) >= 11 is 0. The molecule has 0 aromatic heterocycles. The van der Waals surface area contributed by atoms with Crippen LogP contribution in [0.2, 0.25) is 0 Å². The molecule has 9 nitrogen and oxygen atoms in total. The molecule has 85 heavy (non-hydrogen) atoms. The molecular weight excluding hydrogens is 1070 g/mol. The first-order chi connectivity index (χ1) is 41.4. The first-order valence-electron chi connectivity index (χ1n) is 36.6. The zero-order valence-corrected chi connectivity index (χ0v) is 58.0. The number of likely N-dealkylation sites (N-methyl/N-ethyl adjacent to an activating group) is 1. The predicted octanol–water partition coefficient (Wildman–Crippen LogP) is 22.7. The average molecular weight is 1210 g/mol. The lowest BCUT2D eigenvalue weighted by Gasteiger charge is -2.30. The summed E-state index contributed by atoms with van der Waals surface area (Å²) in [6, 6.07) is -0.890. The molecule has 0 aromatic carbocycles. The number of phosphoric acid groups is 1. The molecule has 1 amide bonds. The Kier molecular flexibility index (Phi) is 62.9. The van der Waals surface area contributed by atoms with Crippen LogP contribution in [0.5, 0.6) is 0 Å². The van der Waals surface area contributed by atoms with Crippen molar-refractivity contribution in [3.63, 3.8) is 0 Å². The van der Waals surface area contributed by atoms with Crippen molar-refractivity contribution in [3.05, 3.63) is 60.8 Å². The van der Waals surface area contributed by atoms with E-state index in [1.807, 2.05) is 33.3 Å². The molecule has 0 aliphatic carbocycles. The van der Waals surface area contributed by atoms with E-state index in [2.05, 4.69) is 74.7 Å². The van der Waals surface area contributed by atoms with E-state index >= 15 is 0 Å². The van der Waals surface area contributed by atoms with Crippen molar-refractivity contribution in [2.24, 2.45) is 0 Å². The van der Waals surface area contributed by atoms with Gasteiger partial charge in [0.05, 0.1) is 33.8 Å². The Morgan fingerprint density at radius 2 is 0.718 bits per heavy atom. The molecule has 1 N–H and O–H groups in total. The van der Waals surface area contributed by atoms with Crippen LogP contribution in [-0.4, -0.2) is 69.4 Å². The predicted molar refractivity (Wildman–Crippen MR) is 367 cm³/mol. The van der Waals surface area contributed by atoms with E-state index in [4.69, 9.17) is 13.8 Å². The Morgan fingerprint density at radius 3 is 1.11 bits per heavy atom. The summed E-state index contributed by atoms with van der Waals surface area (Å²) in [4.78, 5) is 40.2. The highest BCUT2D eigenvalue weighted by Crippen LogP contribution is 2.38. The smallest absolute Gasteiger partial charge is 0.306 e. The number of quaternary nitrogens is 1. The Hall–Kier alpha value is -2.29. The summed E-state index contributed by atoms with van der Waals surface area (Å²) in [6.45, 7) is 6.85. The molecule has 0 radical (unpaired) electrons. The van der Waals surface area contributed by atoms with Crippen LogP contribution in [0.3, 0.4) is 0 Å². The number of allylic oxidation sites excluding steroid dienone is 9. The molecule has 0 spiro atoms. The van der Waals surface area contributed by atoms with Gasteiger partial charge >= 0.3 is 5.97 Å². The van der Waals surface area contributed by atoms with E-state index in [1.165, 1.54) is 250 Å². The van der Waals surface area contributed by atoms with Gasteiger partial charge in [0.2, 0.25) is 5.91 Å². The standard InChI is InChI=1S/C75H141N2O7P/c1-7-10-13-16-19-22-25-27-29-31-33-35-37-38-40-41-43-45-47-49-52-55-58-61-64-67-74(78)76-72(71-83-85(80,81)82-70-69-77(4,5)6)73(66-63-60-57-54-51-24-21-18-15-12-9-3)84-75(79)68-65-62-59-56-53-50-48-46-44-42-39-36-34-32-30-28-26-23-20-17-14-11-8-2/h20,23,27-30,34,36,63,66,72-73H,7-19,21-22,24-26,31-33,35,37-62,64-65,67-71H2,1-6H3,(H-,76,78,80,81)/b23-20-,29-27+,30-28-,36-34-,66-63+. The van der Waals surface area contributed by atoms with Gasteiger partial charge in [0.25, 0.3) is 7.82 Å². The van der Waals surface area contributed by atoms with Crippen molar-refractivity contribution in [3.8, 4) is 0 Å². The molecule has 498 valence electrons. The van der Waals surface area contributed by atoms with Crippen molar-refractivity contribution in [2.75, 3.05) is 40.9 Å². The third-order valence-electron chi connectivity index (χ3n) is 16.4. The molecule has 10 heteroatoms. The van der Waals surface area contributed by atoms with Crippen LogP contribution in [0.25, 0.3) is 0 Å². The topological polar surface area (TPSA) is 114 Å². The van der Waals surface area contributed by atoms with E-state index < -0.39 is 20.0 Å². The molecular formula is C75H141N2O7P. The zero-order valence-electron chi connectivity index (χ0n) is 57.1. The van der Waals surface area contributed by atoms with Gasteiger partial charge in [-0.2, -0.15) is 0 Å². The van der Waals surface area contributed by atoms with Crippen molar-refractivity contribution >= 4 is 19.7 Å². The third-order valence-corrected chi connectivity index (χ3v) is 17.4. The van der Waals surface area contributed by atoms with Gasteiger partial charge in [0.15, 0.2) is 0 Å². The van der Waals surface area contributed by atoms with E-state index in [0.29, 0.717) is 17.4 Å². The number of amides is 1. The van der Waals surface area contributed by atoms with Gasteiger partial charge in [-0.15, -0.1) is 0 Å². The normalized spacial score (nSPS) is 13.8. The molecule has 0 heterocycles. The number of hydrogen-bond donors (Lipinski definition) is 1. The quantitative estimate of drug-likeness (QED) is 0.0212. The van der Waals surface area contributed by atoms with E-state index in [1.54, 1.807) is 0 Å². The summed E-state index contributed by atoms with van der Waals surface area (Å²) < 4.78 is 30.5. The van der Waals surface area contributed by atoms with Gasteiger partial charge in [-0.05, 0) is 96.0 Å². The number of rotatable bonds is 67. The Labute approximate surface area is 528 Å². The molecule has 0 aliphatic rings. The van der Waals surface area contributed by atoms with E-state index in [0.717, 1.165) is 70.6 Å². The van der Waals surface area contributed by atoms with Crippen molar-refractivity contribution in [2.45, 2.75) is 367 Å². The summed E-state index contributed by atoms with van der Waals surface area (Å²) in [5, 5.41) is 3.05. The van der Waals surface area contributed by atoms with E-state index in [9.17, 15) is 19.0 Å². The molecule has 0 bridgehead atoms. The molecule has 0 saturated carbocycles. The van der Waals surface area contributed by atoms with Gasteiger partial charge in [-0.3, -0.25) is 14.2 Å². The number of unbranched alkanes of at least 4 members (excludes halogenated alkanes) is 43. The van der Waals surface area contributed by atoms with Gasteiger partial charge in [0.1, 0.15) is 19.3 Å². The highest BCUT2D eigenvalue weighted by Gasteiger charge is 2.27. The van der Waals surface area contributed by atoms with Crippen molar-refractivity contribution in [1.82, 2.24) is 5.32 Å². The van der Waals surface area contributed by atoms with Gasteiger partial charge < -0.3 is 28.5 Å². The molecule has 0 saturated heterocycles. The number of nitrogens with zero attached hydrogens (tertiary/aromatic N) is 1. The van der Waals surface area contributed by atoms with Crippen LogP contribution in [-0.2, 0) is 27.9 Å². The number of esters is 1. The van der Waals surface area contributed by atoms with E-state index in [-0.39, 0.29) is 31.5 Å². The summed E-state index contributed by atoms with van der Waals surface area (Å²) in [5.41, 5.74) is 0. The monoisotopic (exact) mass is 1210 g/mol. The van der Waals surface area contributed by atoms with Crippen LogP contribution in [0.4, 0.5) is 0 Å². The lowest BCUT2D eigenvalue weighted by molar-refractivity contribution is -0.870. The highest BCUT2D eigenvalue weighted by atomic mass is 31.2.